The van der Waals surface area contributed by atoms with E-state index in [1.807, 2.05) is 0 Å². The molecule has 3 N–H and O–H groups in total. The van der Waals surface area contributed by atoms with Crippen LogP contribution in [0.5, 0.6) is 0 Å². The Hall–Kier alpha value is -0.860. The van der Waals surface area contributed by atoms with Gasteiger partial charge in [0.1, 0.15) is 0 Å². The number of piperidine rings is 1. The molecule has 0 amide bonds. The van der Waals surface area contributed by atoms with Crippen LogP contribution in [-0.2, 0) is 5.54 Å². The molecule has 19 heavy (non-hydrogen) atoms. The molecule has 1 aromatic rings. The van der Waals surface area contributed by atoms with Gasteiger partial charge in [0, 0.05) is 5.54 Å². The molecule has 1 aliphatic carbocycles. The quantitative estimate of drug-likeness (QED) is 0.812. The summed E-state index contributed by atoms with van der Waals surface area (Å²) in [6, 6.07) is 10.7. The van der Waals surface area contributed by atoms with Gasteiger partial charge in [0.15, 0.2) is 0 Å². The van der Waals surface area contributed by atoms with E-state index in [0.29, 0.717) is 5.41 Å². The van der Waals surface area contributed by atoms with Gasteiger partial charge in [0.05, 0.1) is 0 Å². The van der Waals surface area contributed by atoms with Crippen molar-refractivity contribution in [1.29, 1.82) is 0 Å². The first kappa shape index (κ1) is 13.1. The third kappa shape index (κ3) is 2.32. The summed E-state index contributed by atoms with van der Waals surface area (Å²) in [6.45, 7) is 4.79. The second-order valence-corrected chi connectivity index (χ2v) is 6.74. The second-order valence-electron chi connectivity index (χ2n) is 6.74. The average Bonchev–Trinajstić information content (AvgIpc) is 2.46. The number of rotatable bonds is 1. The van der Waals surface area contributed by atoms with Gasteiger partial charge in [0.2, 0.25) is 0 Å². The highest BCUT2D eigenvalue weighted by Gasteiger charge is 2.45. The van der Waals surface area contributed by atoms with Crippen molar-refractivity contribution in [2.24, 2.45) is 17.1 Å². The molecule has 1 spiro atoms. The topological polar surface area (TPSA) is 38.0 Å². The lowest BCUT2D eigenvalue weighted by Gasteiger charge is -2.50. The van der Waals surface area contributed by atoms with Crippen LogP contribution in [-0.4, -0.2) is 13.1 Å². The minimum absolute atomic E-state index is 0.0862. The fourth-order valence-electron chi connectivity index (χ4n) is 4.11. The number of nitrogens with two attached hydrogens (primary N) is 1. The molecule has 2 heteroatoms. The van der Waals surface area contributed by atoms with E-state index < -0.39 is 0 Å². The molecule has 1 saturated carbocycles. The summed E-state index contributed by atoms with van der Waals surface area (Å²) in [5, 5.41) is 3.53. The lowest BCUT2D eigenvalue weighted by atomic mass is 9.58. The van der Waals surface area contributed by atoms with E-state index in [0.717, 1.165) is 18.8 Å². The maximum absolute atomic E-state index is 6.70. The molecule has 0 radical (unpaired) electrons. The third-order valence-electron chi connectivity index (χ3n) is 5.78. The fourth-order valence-corrected chi connectivity index (χ4v) is 4.11. The zero-order valence-corrected chi connectivity index (χ0v) is 12.0. The van der Waals surface area contributed by atoms with Crippen LogP contribution in [0, 0.1) is 11.3 Å². The van der Waals surface area contributed by atoms with Crippen LogP contribution in [0.4, 0.5) is 0 Å². The van der Waals surface area contributed by atoms with Crippen LogP contribution in [0.15, 0.2) is 30.3 Å². The summed E-state index contributed by atoms with van der Waals surface area (Å²) in [7, 11) is 0. The predicted molar refractivity (Wildman–Crippen MR) is 79.9 cm³/mol. The van der Waals surface area contributed by atoms with Crippen molar-refractivity contribution in [3.63, 3.8) is 0 Å². The SMILES string of the molecule is CC1CNCCC12CCC(N)(c1ccccc1)CC2. The molecular formula is C17H26N2. The molecule has 2 nitrogen and oxygen atoms in total. The number of hydrogen-bond acceptors (Lipinski definition) is 2. The standard InChI is InChI=1S/C17H26N2/c1-14-13-19-12-11-16(14)7-9-17(18,10-8-16)15-5-3-2-4-6-15/h2-6,14,19H,7-13,18H2,1H3. The van der Waals surface area contributed by atoms with Crippen LogP contribution in [0.3, 0.4) is 0 Å². The largest absolute Gasteiger partial charge is 0.321 e. The molecule has 1 aliphatic heterocycles. The van der Waals surface area contributed by atoms with Gasteiger partial charge in [-0.2, -0.15) is 0 Å². The third-order valence-corrected chi connectivity index (χ3v) is 5.78. The first-order valence-corrected chi connectivity index (χ1v) is 7.70. The summed E-state index contributed by atoms with van der Waals surface area (Å²) < 4.78 is 0. The summed E-state index contributed by atoms with van der Waals surface area (Å²) in [5.41, 5.74) is 8.50. The van der Waals surface area contributed by atoms with E-state index in [1.165, 1.54) is 37.9 Å². The van der Waals surface area contributed by atoms with E-state index in [-0.39, 0.29) is 5.54 Å². The number of nitrogens with one attached hydrogen (secondary N) is 1. The maximum Gasteiger partial charge on any atom is 0.0410 e. The summed E-state index contributed by atoms with van der Waals surface area (Å²) >= 11 is 0. The van der Waals surface area contributed by atoms with Gasteiger partial charge < -0.3 is 11.1 Å². The van der Waals surface area contributed by atoms with Crippen molar-refractivity contribution in [1.82, 2.24) is 5.32 Å². The molecule has 0 aromatic heterocycles. The molecular weight excluding hydrogens is 232 g/mol. The lowest BCUT2D eigenvalue weighted by Crippen LogP contribution is -2.50. The Kier molecular flexibility index (Phi) is 3.40. The van der Waals surface area contributed by atoms with Gasteiger partial charge in [-0.3, -0.25) is 0 Å². The van der Waals surface area contributed by atoms with E-state index in [4.69, 9.17) is 5.73 Å². The van der Waals surface area contributed by atoms with E-state index in [1.54, 1.807) is 0 Å². The summed E-state index contributed by atoms with van der Waals surface area (Å²) in [4.78, 5) is 0. The Morgan fingerprint density at radius 2 is 1.74 bits per heavy atom. The molecule has 2 fully saturated rings. The van der Waals surface area contributed by atoms with E-state index >= 15 is 0 Å². The highest BCUT2D eigenvalue weighted by atomic mass is 14.9. The van der Waals surface area contributed by atoms with Crippen molar-refractivity contribution in [2.75, 3.05) is 13.1 Å². The van der Waals surface area contributed by atoms with Crippen LogP contribution in [0.2, 0.25) is 0 Å². The number of hydrogen-bond donors (Lipinski definition) is 2. The first-order valence-electron chi connectivity index (χ1n) is 7.70. The Bertz CT molecular complexity index is 418. The summed E-state index contributed by atoms with van der Waals surface area (Å²) in [6.07, 6.45) is 6.20. The Morgan fingerprint density at radius 3 is 2.37 bits per heavy atom. The summed E-state index contributed by atoms with van der Waals surface area (Å²) in [5.74, 6) is 0.793. The molecule has 1 unspecified atom stereocenters. The van der Waals surface area contributed by atoms with Crippen molar-refractivity contribution in [2.45, 2.75) is 44.6 Å². The van der Waals surface area contributed by atoms with E-state index in [2.05, 4.69) is 42.6 Å². The molecule has 1 heterocycles. The predicted octanol–water partition coefficient (Wildman–Crippen LogP) is 3.03. The lowest BCUT2D eigenvalue weighted by molar-refractivity contribution is 0.0403. The van der Waals surface area contributed by atoms with E-state index in [9.17, 15) is 0 Å². The van der Waals surface area contributed by atoms with Crippen LogP contribution >= 0.6 is 0 Å². The zero-order valence-electron chi connectivity index (χ0n) is 12.0. The average molecular weight is 258 g/mol. The highest BCUT2D eigenvalue weighted by molar-refractivity contribution is 5.25. The minimum Gasteiger partial charge on any atom is -0.321 e. The van der Waals surface area contributed by atoms with Crippen LogP contribution in [0.1, 0.15) is 44.6 Å². The second kappa shape index (κ2) is 4.92. The Labute approximate surface area is 116 Å². The fraction of sp³-hybridized carbons (Fsp3) is 0.647. The molecule has 1 aromatic carbocycles. The highest BCUT2D eigenvalue weighted by Crippen LogP contribution is 2.50. The van der Waals surface area contributed by atoms with Gasteiger partial charge in [-0.15, -0.1) is 0 Å². The van der Waals surface area contributed by atoms with Crippen molar-refractivity contribution in [3.05, 3.63) is 35.9 Å². The molecule has 1 saturated heterocycles. The first-order chi connectivity index (χ1) is 9.15. The molecule has 104 valence electrons. The van der Waals surface area contributed by atoms with Crippen molar-refractivity contribution < 1.29 is 0 Å². The molecule has 1 atom stereocenters. The van der Waals surface area contributed by atoms with Crippen LogP contribution in [0.25, 0.3) is 0 Å². The van der Waals surface area contributed by atoms with Gasteiger partial charge >= 0.3 is 0 Å². The Morgan fingerprint density at radius 1 is 1.05 bits per heavy atom. The maximum atomic E-state index is 6.70. The Balaban J connectivity index is 1.75. The van der Waals surface area contributed by atoms with Crippen LogP contribution < -0.4 is 11.1 Å². The van der Waals surface area contributed by atoms with Crippen molar-refractivity contribution >= 4 is 0 Å². The van der Waals surface area contributed by atoms with Gasteiger partial charge in [-0.25, -0.2) is 0 Å². The molecule has 2 aliphatic rings. The normalized spacial score (nSPS) is 39.4. The number of benzene rings is 1. The van der Waals surface area contributed by atoms with Gasteiger partial charge in [-0.1, -0.05) is 37.3 Å². The molecule has 0 bridgehead atoms. The minimum atomic E-state index is -0.0862. The zero-order chi connectivity index (χ0) is 13.3. The molecule has 3 rings (SSSR count). The van der Waals surface area contributed by atoms with Gasteiger partial charge in [0.25, 0.3) is 0 Å². The smallest absolute Gasteiger partial charge is 0.0410 e. The van der Waals surface area contributed by atoms with Gasteiger partial charge in [-0.05, 0) is 62.1 Å². The van der Waals surface area contributed by atoms with Crippen molar-refractivity contribution in [3.8, 4) is 0 Å². The monoisotopic (exact) mass is 258 g/mol.